The highest BCUT2D eigenvalue weighted by Gasteiger charge is 2.32. The summed E-state index contributed by atoms with van der Waals surface area (Å²) in [7, 11) is 0. The maximum Gasteiger partial charge on any atom is 0.227 e. The van der Waals surface area contributed by atoms with Gasteiger partial charge in [-0.05, 0) is 12.8 Å². The molecule has 5 nitrogen and oxygen atoms in total. The van der Waals surface area contributed by atoms with Crippen molar-refractivity contribution in [3.63, 3.8) is 0 Å². The molecule has 1 atom stereocenters. The Balaban J connectivity index is 2.07. The minimum atomic E-state index is -0.326. The number of carbonyl (C=O) groups is 1. The van der Waals surface area contributed by atoms with Crippen LogP contribution in [0.2, 0.25) is 0 Å². The quantitative estimate of drug-likeness (QED) is 0.823. The van der Waals surface area contributed by atoms with Gasteiger partial charge < -0.3 is 9.42 Å². The highest BCUT2D eigenvalue weighted by atomic mass is 16.5. The summed E-state index contributed by atoms with van der Waals surface area (Å²) in [6, 6.07) is 0. The summed E-state index contributed by atoms with van der Waals surface area (Å²) in [6.07, 6.45) is 2.78. The van der Waals surface area contributed by atoms with Crippen LogP contribution in [0.15, 0.2) is 4.52 Å². The van der Waals surface area contributed by atoms with Gasteiger partial charge in [0.05, 0.1) is 0 Å². The molecule has 0 radical (unpaired) electrons. The molecule has 0 saturated carbocycles. The average Bonchev–Trinajstić information content (AvgIpc) is 2.85. The summed E-state index contributed by atoms with van der Waals surface area (Å²) < 4.78 is 5.17. The number of nitrogens with zero attached hydrogens (tertiary/aromatic N) is 3. The van der Waals surface area contributed by atoms with Crippen LogP contribution >= 0.6 is 0 Å². The van der Waals surface area contributed by atoms with Gasteiger partial charge in [0.25, 0.3) is 0 Å². The molecule has 0 N–H and O–H groups in total. The van der Waals surface area contributed by atoms with Gasteiger partial charge in [0, 0.05) is 30.8 Å². The fourth-order valence-electron chi connectivity index (χ4n) is 2.42. The molecular weight excluding hydrogens is 242 g/mol. The molecule has 1 aliphatic rings. The van der Waals surface area contributed by atoms with Crippen molar-refractivity contribution >= 4 is 5.91 Å². The van der Waals surface area contributed by atoms with Crippen molar-refractivity contribution in [1.29, 1.82) is 0 Å². The van der Waals surface area contributed by atoms with Gasteiger partial charge in [0.15, 0.2) is 5.82 Å². The molecule has 0 spiro atoms. The van der Waals surface area contributed by atoms with E-state index in [1.54, 1.807) is 0 Å². The highest BCUT2D eigenvalue weighted by molar-refractivity contribution is 5.81. The summed E-state index contributed by atoms with van der Waals surface area (Å²) in [5, 5.41) is 4.04. The Morgan fingerprint density at radius 2 is 2.21 bits per heavy atom. The number of aryl methyl sites for hydroxylation is 1. The fraction of sp³-hybridized carbons (Fsp3) is 0.786. The summed E-state index contributed by atoms with van der Waals surface area (Å²) in [4.78, 5) is 18.7. The molecule has 19 heavy (non-hydrogen) atoms. The molecule has 2 rings (SSSR count). The van der Waals surface area contributed by atoms with Crippen molar-refractivity contribution in [1.82, 2.24) is 15.0 Å². The lowest BCUT2D eigenvalue weighted by atomic mass is 9.91. The molecular formula is C14H23N3O2. The second kappa shape index (κ2) is 5.31. The summed E-state index contributed by atoms with van der Waals surface area (Å²) in [5.74, 6) is 1.85. The van der Waals surface area contributed by atoms with E-state index in [1.165, 1.54) is 0 Å². The standard InChI is InChI=1S/C14H23N3O2/c1-5-11-15-12(16-19-11)10-7-6-8-17(9-10)13(18)14(2,3)4/h10H,5-9H2,1-4H3. The van der Waals surface area contributed by atoms with E-state index in [0.717, 1.165) is 31.6 Å². The van der Waals surface area contributed by atoms with E-state index in [9.17, 15) is 4.79 Å². The van der Waals surface area contributed by atoms with Crippen LogP contribution < -0.4 is 0 Å². The number of amides is 1. The molecule has 1 unspecified atom stereocenters. The Labute approximate surface area is 114 Å². The van der Waals surface area contributed by atoms with Crippen LogP contribution in [0.4, 0.5) is 0 Å². The molecule has 0 aromatic carbocycles. The topological polar surface area (TPSA) is 59.2 Å². The van der Waals surface area contributed by atoms with Gasteiger partial charge in [-0.25, -0.2) is 0 Å². The van der Waals surface area contributed by atoms with Crippen molar-refractivity contribution in [2.45, 2.75) is 52.9 Å². The summed E-state index contributed by atoms with van der Waals surface area (Å²) in [5.41, 5.74) is -0.326. The van der Waals surface area contributed by atoms with E-state index in [4.69, 9.17) is 4.52 Å². The predicted octanol–water partition coefficient (Wildman–Crippen LogP) is 2.38. The molecule has 1 fully saturated rings. The molecule has 1 saturated heterocycles. The molecule has 106 valence electrons. The van der Waals surface area contributed by atoms with Gasteiger partial charge >= 0.3 is 0 Å². The lowest BCUT2D eigenvalue weighted by Gasteiger charge is -2.35. The van der Waals surface area contributed by atoms with Gasteiger partial charge in [-0.3, -0.25) is 4.79 Å². The number of piperidine rings is 1. The Kier molecular flexibility index (Phi) is 3.92. The molecule has 2 heterocycles. The molecule has 5 heteroatoms. The second-order valence-electron chi connectivity index (χ2n) is 6.24. The van der Waals surface area contributed by atoms with Crippen LogP contribution in [0, 0.1) is 5.41 Å². The Morgan fingerprint density at radius 3 is 2.79 bits per heavy atom. The van der Waals surface area contributed by atoms with Crippen molar-refractivity contribution in [2.24, 2.45) is 5.41 Å². The second-order valence-corrected chi connectivity index (χ2v) is 6.24. The molecule has 1 aliphatic heterocycles. The SMILES string of the molecule is CCc1nc(C2CCCN(C(=O)C(C)(C)C)C2)no1. The maximum atomic E-state index is 12.3. The van der Waals surface area contributed by atoms with Crippen molar-refractivity contribution < 1.29 is 9.32 Å². The zero-order chi connectivity index (χ0) is 14.0. The third kappa shape index (κ3) is 3.14. The van der Waals surface area contributed by atoms with Gasteiger partial charge in [-0.1, -0.05) is 32.9 Å². The Bertz CT molecular complexity index is 448. The van der Waals surface area contributed by atoms with E-state index < -0.39 is 0 Å². The summed E-state index contributed by atoms with van der Waals surface area (Å²) in [6.45, 7) is 9.42. The van der Waals surface area contributed by atoms with Crippen molar-refractivity contribution in [2.75, 3.05) is 13.1 Å². The van der Waals surface area contributed by atoms with Crippen LogP contribution in [0.3, 0.4) is 0 Å². The van der Waals surface area contributed by atoms with Crippen LogP contribution in [0.25, 0.3) is 0 Å². The molecule has 0 bridgehead atoms. The number of hydrogen-bond acceptors (Lipinski definition) is 4. The van der Waals surface area contributed by atoms with Gasteiger partial charge in [0.1, 0.15) is 0 Å². The monoisotopic (exact) mass is 265 g/mol. The van der Waals surface area contributed by atoms with Crippen LogP contribution in [-0.2, 0) is 11.2 Å². The molecule has 1 aromatic heterocycles. The fourth-order valence-corrected chi connectivity index (χ4v) is 2.42. The first-order chi connectivity index (χ1) is 8.91. The Morgan fingerprint density at radius 1 is 1.47 bits per heavy atom. The largest absolute Gasteiger partial charge is 0.342 e. The van der Waals surface area contributed by atoms with E-state index in [1.807, 2.05) is 32.6 Å². The number of rotatable bonds is 2. The maximum absolute atomic E-state index is 12.3. The number of likely N-dealkylation sites (tertiary alicyclic amines) is 1. The first kappa shape index (κ1) is 14.0. The number of hydrogen-bond donors (Lipinski definition) is 0. The van der Waals surface area contributed by atoms with Crippen molar-refractivity contribution in [3.05, 3.63) is 11.7 Å². The number of aromatic nitrogens is 2. The molecule has 0 aliphatic carbocycles. The van der Waals surface area contributed by atoms with Gasteiger partial charge in [-0.15, -0.1) is 0 Å². The van der Waals surface area contributed by atoms with Crippen molar-refractivity contribution in [3.8, 4) is 0 Å². The lowest BCUT2D eigenvalue weighted by molar-refractivity contribution is -0.140. The zero-order valence-corrected chi connectivity index (χ0v) is 12.3. The summed E-state index contributed by atoms with van der Waals surface area (Å²) >= 11 is 0. The van der Waals surface area contributed by atoms with Gasteiger partial charge in [0.2, 0.25) is 11.8 Å². The highest BCUT2D eigenvalue weighted by Crippen LogP contribution is 2.28. The van der Waals surface area contributed by atoms with Crippen LogP contribution in [0.5, 0.6) is 0 Å². The molecule has 1 aromatic rings. The van der Waals surface area contributed by atoms with E-state index in [2.05, 4.69) is 10.1 Å². The third-order valence-electron chi connectivity index (χ3n) is 3.50. The Hall–Kier alpha value is -1.39. The first-order valence-electron chi connectivity index (χ1n) is 7.03. The minimum Gasteiger partial charge on any atom is -0.342 e. The van der Waals surface area contributed by atoms with Crippen LogP contribution in [-0.4, -0.2) is 34.0 Å². The predicted molar refractivity (Wildman–Crippen MR) is 71.7 cm³/mol. The van der Waals surface area contributed by atoms with E-state index in [0.29, 0.717) is 12.4 Å². The number of carbonyl (C=O) groups excluding carboxylic acids is 1. The van der Waals surface area contributed by atoms with E-state index >= 15 is 0 Å². The average molecular weight is 265 g/mol. The lowest BCUT2D eigenvalue weighted by Crippen LogP contribution is -2.44. The first-order valence-corrected chi connectivity index (χ1v) is 7.03. The zero-order valence-electron chi connectivity index (χ0n) is 12.3. The molecule has 1 amide bonds. The smallest absolute Gasteiger partial charge is 0.227 e. The third-order valence-corrected chi connectivity index (χ3v) is 3.50. The minimum absolute atomic E-state index is 0.205. The van der Waals surface area contributed by atoms with Gasteiger partial charge in [-0.2, -0.15) is 4.98 Å². The van der Waals surface area contributed by atoms with Crippen LogP contribution in [0.1, 0.15) is 58.2 Å². The van der Waals surface area contributed by atoms with E-state index in [-0.39, 0.29) is 17.2 Å². The normalized spacial score (nSPS) is 20.6.